The predicted octanol–water partition coefficient (Wildman–Crippen LogP) is 20.3. The number of hydrogen-bond donors (Lipinski definition) is 4. The van der Waals surface area contributed by atoms with Gasteiger partial charge in [0.25, 0.3) is 23.6 Å². The Morgan fingerprint density at radius 1 is 0.429 bits per heavy atom. The van der Waals surface area contributed by atoms with Crippen LogP contribution in [0.4, 0.5) is 22.0 Å². The van der Waals surface area contributed by atoms with E-state index < -0.39 is 30.0 Å². The first-order chi connectivity index (χ1) is 61.3. The van der Waals surface area contributed by atoms with Crippen molar-refractivity contribution in [1.29, 1.82) is 5.26 Å². The topological polar surface area (TPSA) is 270 Å². The standard InChI is InChI=1S/C25H21F2N3O2.C25H23F2N3O2.C25H20FN5O2.C24H27N3O2/c1-30(14-19-20(26)10-7-16-13-28-29-24(16)19)25(31)17-11-21(27)23(15-5-3-2-4-6-15)22(12-17)32-18-8-9-18;1-3-32-23-12-17(9-10-21(23)16-5-4-6-20(27)11-16)25(31)30(2)15-19-8-7-18(13-26)22-14-28-29-24(19)22;1-31(14-17-12-28-21(11-27)19-13-29-30-24(17)19)25(32)16-9-20(26)23(15-5-3-2-4-6-15)22(10-16)33-18-7-8-18;1-27(15-19-8-4-7-18-14-25-26-23(18)19)24(28)17-9-12-21(16-5-2-3-6-16)22(13-17)29-20-10-11-20/h2-7,10-13,18H,8-9,14H2,1H3,(H,28,29);4-12,14H,3,13,15H2,1-2H3,(H,28,29);2-6,9-10,12-13,18H,7-8,14H2,1H3,(H,29,30);4,7-9,12-14,16,20H,2-3,5-6,10-11,15H2,1H3,(H,25,26). The molecular formula is C99H91F5N14O8. The maximum atomic E-state index is 15.3. The number of amides is 4. The summed E-state index contributed by atoms with van der Waals surface area (Å²) in [5.74, 6) is -0.0591. The zero-order valence-electron chi connectivity index (χ0n) is 70.0. The highest BCUT2D eigenvalue weighted by molar-refractivity contribution is 5.99. The van der Waals surface area contributed by atoms with E-state index in [2.05, 4.69) is 51.8 Å². The van der Waals surface area contributed by atoms with Crippen molar-refractivity contribution in [3.05, 3.63) is 304 Å². The van der Waals surface area contributed by atoms with Gasteiger partial charge >= 0.3 is 0 Å². The molecule has 5 heterocycles. The highest BCUT2D eigenvalue weighted by Crippen LogP contribution is 2.44. The number of fused-ring (bicyclic) bond motifs is 4. The number of carbonyl (C=O) groups is 4. The normalized spacial score (nSPS) is 13.5. The average Bonchev–Trinajstić information content (AvgIpc) is 1.40. The number of halogens is 5. The number of H-pyrrole nitrogens is 4. The lowest BCUT2D eigenvalue weighted by Crippen LogP contribution is -2.27. The van der Waals surface area contributed by atoms with Gasteiger partial charge in [0.05, 0.1) is 94.8 Å². The number of benzene rings is 10. The second kappa shape index (κ2) is 38.1. The Labute approximate surface area is 723 Å². The van der Waals surface area contributed by atoms with Crippen LogP contribution in [0.25, 0.3) is 77.0 Å². The van der Waals surface area contributed by atoms with Crippen LogP contribution >= 0.6 is 0 Å². The number of aromatic amines is 4. The van der Waals surface area contributed by atoms with Gasteiger partial charge in [-0.15, -0.1) is 0 Å². The number of rotatable bonds is 25. The molecule has 0 unspecified atom stereocenters. The Bertz CT molecular complexity index is 6550. The summed E-state index contributed by atoms with van der Waals surface area (Å²) in [6.07, 6.45) is 19.4. The fourth-order valence-electron chi connectivity index (χ4n) is 15.8. The summed E-state index contributed by atoms with van der Waals surface area (Å²) < 4.78 is 95.8. The predicted molar refractivity (Wildman–Crippen MR) is 470 cm³/mol. The molecule has 27 heteroatoms. The summed E-state index contributed by atoms with van der Waals surface area (Å²) in [4.78, 5) is 63.0. The number of alkyl halides is 1. The first-order valence-corrected chi connectivity index (χ1v) is 41.9. The number of carbonyl (C=O) groups excluding carboxylic acids is 4. The van der Waals surface area contributed by atoms with Crippen LogP contribution in [0, 0.1) is 34.6 Å². The highest BCUT2D eigenvalue weighted by Gasteiger charge is 2.33. The van der Waals surface area contributed by atoms with Crippen molar-refractivity contribution in [1.82, 2.24) is 65.4 Å². The van der Waals surface area contributed by atoms with Gasteiger partial charge in [-0.1, -0.05) is 122 Å². The van der Waals surface area contributed by atoms with Gasteiger partial charge in [-0.25, -0.2) is 26.9 Å². The molecule has 5 aromatic heterocycles. The van der Waals surface area contributed by atoms with E-state index in [9.17, 15) is 37.6 Å². The average molecular weight is 1700 g/mol. The molecule has 0 bridgehead atoms. The van der Waals surface area contributed by atoms with Gasteiger partial charge in [-0.3, -0.25) is 39.6 Å². The SMILES string of the molecule is CCOc1cc(C(=O)N(C)Cc2ccc(CF)c3cn[nH]c23)ccc1-c1cccc(F)c1.CN(Cc1c(F)ccc2cn[nH]c12)C(=O)c1cc(F)c(-c2ccccc2)c(OC2CC2)c1.CN(Cc1cccc2cn[nH]c12)C(=O)c1ccc(C2CCCC2)c(OC2CC2)c1.CN(Cc1cnc(C#N)c2cn[nH]c12)C(=O)c1cc(F)c(-c2ccccc2)c(OC2CC2)c1. The van der Waals surface area contributed by atoms with Crippen molar-refractivity contribution in [3.8, 4) is 62.4 Å². The smallest absolute Gasteiger partial charge is 0.254 e. The molecule has 4 aliphatic rings. The fourth-order valence-corrected chi connectivity index (χ4v) is 15.8. The minimum absolute atomic E-state index is 0.00503. The van der Waals surface area contributed by atoms with E-state index in [4.69, 9.17) is 18.9 Å². The Morgan fingerprint density at radius 3 is 1.48 bits per heavy atom. The molecule has 640 valence electrons. The molecule has 4 saturated carbocycles. The van der Waals surface area contributed by atoms with E-state index in [-0.39, 0.29) is 65.7 Å². The minimum Gasteiger partial charge on any atom is -0.493 e. The Hall–Kier alpha value is -14.6. The Morgan fingerprint density at radius 2 is 0.905 bits per heavy atom. The lowest BCUT2D eigenvalue weighted by atomic mass is 9.95. The van der Waals surface area contributed by atoms with Crippen molar-refractivity contribution in [2.75, 3.05) is 34.8 Å². The summed E-state index contributed by atoms with van der Waals surface area (Å²) >= 11 is 0. The number of para-hydroxylation sites is 1. The summed E-state index contributed by atoms with van der Waals surface area (Å²) in [5, 5.41) is 40.0. The molecular weight excluding hydrogens is 1610 g/mol. The van der Waals surface area contributed by atoms with Crippen molar-refractivity contribution in [2.24, 2.45) is 0 Å². The molecule has 0 saturated heterocycles. The number of nitrogens with zero attached hydrogens (tertiary/aromatic N) is 10. The summed E-state index contributed by atoms with van der Waals surface area (Å²) in [5.41, 5.74) is 12.9. The molecule has 15 aromatic rings. The third-order valence-corrected chi connectivity index (χ3v) is 22.7. The molecule has 19 rings (SSSR count). The largest absolute Gasteiger partial charge is 0.493 e. The van der Waals surface area contributed by atoms with Gasteiger partial charge in [-0.2, -0.15) is 25.7 Å². The van der Waals surface area contributed by atoms with Gasteiger partial charge in [0.1, 0.15) is 59.0 Å². The molecule has 0 radical (unpaired) electrons. The fraction of sp³-hybridized carbons (Fsp3) is 0.253. The molecule has 0 aliphatic heterocycles. The number of ether oxygens (including phenoxy) is 4. The van der Waals surface area contributed by atoms with Crippen molar-refractivity contribution >= 4 is 67.2 Å². The zero-order valence-corrected chi connectivity index (χ0v) is 70.0. The van der Waals surface area contributed by atoms with Gasteiger partial charge in [0, 0.05) is 109 Å². The van der Waals surface area contributed by atoms with E-state index >= 15 is 8.78 Å². The number of aromatic nitrogens is 9. The zero-order chi connectivity index (χ0) is 87.6. The molecule has 4 N–H and O–H groups in total. The lowest BCUT2D eigenvalue weighted by molar-refractivity contribution is 0.0776. The summed E-state index contributed by atoms with van der Waals surface area (Å²) in [6, 6.07) is 56.0. The van der Waals surface area contributed by atoms with E-state index in [1.165, 1.54) is 77.6 Å². The molecule has 10 aromatic carbocycles. The van der Waals surface area contributed by atoms with Crippen LogP contribution < -0.4 is 18.9 Å². The van der Waals surface area contributed by atoms with Crippen LogP contribution in [-0.4, -0.2) is 142 Å². The number of pyridine rings is 1. The number of hydrogen-bond acceptors (Lipinski definition) is 14. The molecule has 22 nitrogen and oxygen atoms in total. The van der Waals surface area contributed by atoms with Crippen molar-refractivity contribution in [3.63, 3.8) is 0 Å². The maximum absolute atomic E-state index is 15.3. The molecule has 4 fully saturated rings. The van der Waals surface area contributed by atoms with Crippen LogP contribution in [0.3, 0.4) is 0 Å². The second-order valence-electron chi connectivity index (χ2n) is 32.1. The second-order valence-corrected chi connectivity index (χ2v) is 32.1. The Kier molecular flexibility index (Phi) is 25.7. The third-order valence-electron chi connectivity index (χ3n) is 22.7. The van der Waals surface area contributed by atoms with E-state index in [1.54, 1.807) is 122 Å². The van der Waals surface area contributed by atoms with Gasteiger partial charge < -0.3 is 38.5 Å². The number of nitrogens with one attached hydrogen (secondary N) is 4. The highest BCUT2D eigenvalue weighted by atomic mass is 19.1. The van der Waals surface area contributed by atoms with Crippen molar-refractivity contribution in [2.45, 2.75) is 128 Å². The summed E-state index contributed by atoms with van der Waals surface area (Å²) in [6.45, 7) is 2.74. The molecule has 4 amide bonds. The monoisotopic (exact) mass is 1700 g/mol. The van der Waals surface area contributed by atoms with E-state index in [0.717, 1.165) is 77.2 Å². The first-order valence-electron chi connectivity index (χ1n) is 41.9. The lowest BCUT2D eigenvalue weighted by Gasteiger charge is -2.20. The quantitative estimate of drug-likeness (QED) is 0.0388. The minimum atomic E-state index is -0.580. The van der Waals surface area contributed by atoms with Crippen LogP contribution in [0.1, 0.15) is 158 Å². The molecule has 4 aliphatic carbocycles. The Balaban J connectivity index is 0.000000124. The molecule has 0 atom stereocenters. The van der Waals surface area contributed by atoms with E-state index in [0.29, 0.717) is 132 Å². The van der Waals surface area contributed by atoms with Crippen LogP contribution in [0.2, 0.25) is 0 Å². The van der Waals surface area contributed by atoms with Gasteiger partial charge in [0.15, 0.2) is 5.69 Å². The molecule has 0 spiro atoms. The molecule has 126 heavy (non-hydrogen) atoms. The summed E-state index contributed by atoms with van der Waals surface area (Å²) in [7, 11) is 6.74. The van der Waals surface area contributed by atoms with E-state index in [1.807, 2.05) is 105 Å². The first kappa shape index (κ1) is 85.0. The van der Waals surface area contributed by atoms with Crippen LogP contribution in [0.5, 0.6) is 23.0 Å². The van der Waals surface area contributed by atoms with Gasteiger partial charge in [0.2, 0.25) is 0 Å². The number of nitriles is 1. The maximum Gasteiger partial charge on any atom is 0.254 e. The van der Waals surface area contributed by atoms with Gasteiger partial charge in [-0.05, 0) is 182 Å². The van der Waals surface area contributed by atoms with Crippen LogP contribution in [0.15, 0.2) is 219 Å². The third kappa shape index (κ3) is 19.4. The van der Waals surface area contributed by atoms with Crippen LogP contribution in [-0.2, 0) is 32.9 Å². The van der Waals surface area contributed by atoms with Crippen molar-refractivity contribution < 1.29 is 60.1 Å².